The van der Waals surface area contributed by atoms with Crippen LogP contribution in [0.15, 0.2) is 0 Å². The highest BCUT2D eigenvalue weighted by Gasteiger charge is 2.11. The van der Waals surface area contributed by atoms with Crippen LogP contribution in [0.2, 0.25) is 0 Å². The van der Waals surface area contributed by atoms with Gasteiger partial charge in [0.1, 0.15) is 0 Å². The Morgan fingerprint density at radius 1 is 1.29 bits per heavy atom. The summed E-state index contributed by atoms with van der Waals surface area (Å²) in [5.41, 5.74) is 0. The van der Waals surface area contributed by atoms with Gasteiger partial charge >= 0.3 is 0 Å². The van der Waals surface area contributed by atoms with Crippen LogP contribution < -0.4 is 10.6 Å². The molecule has 0 aromatic rings. The number of hydrogen-bond donors (Lipinski definition) is 2. The van der Waals surface area contributed by atoms with E-state index in [1.165, 1.54) is 0 Å². The minimum Gasteiger partial charge on any atom is -0.354 e. The van der Waals surface area contributed by atoms with Crippen LogP contribution in [0.1, 0.15) is 40.5 Å². The van der Waals surface area contributed by atoms with Gasteiger partial charge in [-0.2, -0.15) is 0 Å². The third-order valence-electron chi connectivity index (χ3n) is 2.30. The number of carbonyl (C=O) groups excluding carboxylic acids is 1. The van der Waals surface area contributed by atoms with Gasteiger partial charge in [0.15, 0.2) is 0 Å². The minimum atomic E-state index is 0.147. The summed E-state index contributed by atoms with van der Waals surface area (Å²) in [5, 5.41) is 6.21. The number of likely N-dealkylation sites (N-methyl/N-ethyl adjacent to an activating group) is 1. The predicted octanol–water partition coefficient (Wildman–Crippen LogP) is 1.54. The van der Waals surface area contributed by atoms with E-state index < -0.39 is 0 Å². The minimum absolute atomic E-state index is 0.147. The van der Waals surface area contributed by atoms with Crippen molar-refractivity contribution in [1.82, 2.24) is 10.6 Å². The first-order valence-corrected chi connectivity index (χ1v) is 5.62. The highest BCUT2D eigenvalue weighted by atomic mass is 16.1. The molecule has 84 valence electrons. The van der Waals surface area contributed by atoms with Crippen LogP contribution in [0.5, 0.6) is 0 Å². The van der Waals surface area contributed by atoms with Gasteiger partial charge < -0.3 is 10.6 Å². The SMILES string of the molecule is CCCC(C)C(=O)NC[C@@H](C)NCC. The number of carbonyl (C=O) groups is 1. The molecule has 0 rings (SSSR count). The summed E-state index contributed by atoms with van der Waals surface area (Å²) >= 11 is 0. The Kier molecular flexibility index (Phi) is 7.48. The van der Waals surface area contributed by atoms with Crippen molar-refractivity contribution < 1.29 is 4.79 Å². The van der Waals surface area contributed by atoms with Gasteiger partial charge in [-0.15, -0.1) is 0 Å². The number of rotatable bonds is 7. The zero-order valence-electron chi connectivity index (χ0n) is 9.89. The molecule has 0 heterocycles. The Morgan fingerprint density at radius 2 is 1.93 bits per heavy atom. The molecular weight excluding hydrogens is 176 g/mol. The van der Waals surface area contributed by atoms with Gasteiger partial charge in [-0.3, -0.25) is 4.79 Å². The van der Waals surface area contributed by atoms with Crippen molar-refractivity contribution in [3.05, 3.63) is 0 Å². The molecule has 3 nitrogen and oxygen atoms in total. The molecule has 3 heteroatoms. The lowest BCUT2D eigenvalue weighted by Gasteiger charge is -2.15. The zero-order chi connectivity index (χ0) is 11.0. The van der Waals surface area contributed by atoms with Gasteiger partial charge in [0, 0.05) is 18.5 Å². The van der Waals surface area contributed by atoms with E-state index in [1.807, 2.05) is 6.92 Å². The van der Waals surface area contributed by atoms with Gasteiger partial charge in [-0.25, -0.2) is 0 Å². The lowest BCUT2D eigenvalue weighted by Crippen LogP contribution is -2.40. The van der Waals surface area contributed by atoms with E-state index in [-0.39, 0.29) is 11.8 Å². The van der Waals surface area contributed by atoms with Gasteiger partial charge in [0.05, 0.1) is 0 Å². The molecular formula is C11H24N2O. The van der Waals surface area contributed by atoms with Crippen LogP contribution in [0.25, 0.3) is 0 Å². The van der Waals surface area contributed by atoms with Crippen molar-refractivity contribution >= 4 is 5.91 Å². The van der Waals surface area contributed by atoms with E-state index in [9.17, 15) is 4.79 Å². The average Bonchev–Trinajstić information content (AvgIpc) is 2.15. The Hall–Kier alpha value is -0.570. The van der Waals surface area contributed by atoms with Gasteiger partial charge in [-0.05, 0) is 19.9 Å². The van der Waals surface area contributed by atoms with Crippen molar-refractivity contribution in [2.24, 2.45) is 5.92 Å². The zero-order valence-corrected chi connectivity index (χ0v) is 9.89. The van der Waals surface area contributed by atoms with Crippen LogP contribution in [0, 0.1) is 5.92 Å². The maximum absolute atomic E-state index is 11.5. The highest BCUT2D eigenvalue weighted by Crippen LogP contribution is 2.04. The molecule has 0 bridgehead atoms. The molecule has 0 aromatic heterocycles. The molecule has 0 fully saturated rings. The van der Waals surface area contributed by atoms with Crippen molar-refractivity contribution in [2.45, 2.75) is 46.6 Å². The summed E-state index contributed by atoms with van der Waals surface area (Å²) in [7, 11) is 0. The second-order valence-corrected chi connectivity index (χ2v) is 3.89. The molecule has 0 spiro atoms. The van der Waals surface area contributed by atoms with Crippen molar-refractivity contribution in [1.29, 1.82) is 0 Å². The van der Waals surface area contributed by atoms with Crippen LogP contribution in [0.3, 0.4) is 0 Å². The fourth-order valence-electron chi connectivity index (χ4n) is 1.41. The average molecular weight is 200 g/mol. The number of amides is 1. The Balaban J connectivity index is 3.61. The first-order chi connectivity index (χ1) is 6.61. The van der Waals surface area contributed by atoms with Crippen molar-refractivity contribution in [3.8, 4) is 0 Å². The summed E-state index contributed by atoms with van der Waals surface area (Å²) in [6.45, 7) is 9.90. The summed E-state index contributed by atoms with van der Waals surface area (Å²) < 4.78 is 0. The van der Waals surface area contributed by atoms with Crippen LogP contribution >= 0.6 is 0 Å². The first kappa shape index (κ1) is 13.4. The molecule has 2 atom stereocenters. The number of nitrogens with one attached hydrogen (secondary N) is 2. The fraction of sp³-hybridized carbons (Fsp3) is 0.909. The Labute approximate surface area is 87.6 Å². The summed E-state index contributed by atoms with van der Waals surface area (Å²) in [4.78, 5) is 11.5. The summed E-state index contributed by atoms with van der Waals surface area (Å²) in [5.74, 6) is 0.324. The fourth-order valence-corrected chi connectivity index (χ4v) is 1.41. The molecule has 0 saturated carbocycles. The third kappa shape index (κ3) is 5.97. The lowest BCUT2D eigenvalue weighted by molar-refractivity contribution is -0.124. The van der Waals surface area contributed by atoms with Crippen LogP contribution in [-0.4, -0.2) is 25.0 Å². The summed E-state index contributed by atoms with van der Waals surface area (Å²) in [6.07, 6.45) is 2.04. The molecule has 2 N–H and O–H groups in total. The molecule has 0 aromatic carbocycles. The van der Waals surface area contributed by atoms with Crippen LogP contribution in [0.4, 0.5) is 0 Å². The second kappa shape index (κ2) is 7.80. The first-order valence-electron chi connectivity index (χ1n) is 5.62. The van der Waals surface area contributed by atoms with Gasteiger partial charge in [0.2, 0.25) is 5.91 Å². The van der Waals surface area contributed by atoms with Crippen LogP contribution in [-0.2, 0) is 4.79 Å². The quantitative estimate of drug-likeness (QED) is 0.654. The van der Waals surface area contributed by atoms with Gasteiger partial charge in [0.25, 0.3) is 0 Å². The van der Waals surface area contributed by atoms with E-state index in [1.54, 1.807) is 0 Å². The number of hydrogen-bond acceptors (Lipinski definition) is 2. The van der Waals surface area contributed by atoms with E-state index in [0.717, 1.165) is 25.9 Å². The topological polar surface area (TPSA) is 41.1 Å². The normalized spacial score (nSPS) is 14.9. The predicted molar refractivity (Wildman–Crippen MR) is 60.2 cm³/mol. The smallest absolute Gasteiger partial charge is 0.222 e. The Morgan fingerprint density at radius 3 is 2.43 bits per heavy atom. The molecule has 14 heavy (non-hydrogen) atoms. The van der Waals surface area contributed by atoms with Crippen molar-refractivity contribution in [3.63, 3.8) is 0 Å². The summed E-state index contributed by atoms with van der Waals surface area (Å²) in [6, 6.07) is 0.359. The van der Waals surface area contributed by atoms with E-state index in [4.69, 9.17) is 0 Å². The molecule has 0 saturated heterocycles. The third-order valence-corrected chi connectivity index (χ3v) is 2.30. The largest absolute Gasteiger partial charge is 0.354 e. The van der Waals surface area contributed by atoms with E-state index in [2.05, 4.69) is 31.4 Å². The van der Waals surface area contributed by atoms with E-state index >= 15 is 0 Å². The maximum atomic E-state index is 11.5. The molecule has 0 aliphatic heterocycles. The molecule has 0 radical (unpaired) electrons. The standard InChI is InChI=1S/C11H24N2O/c1-5-7-9(3)11(14)13-8-10(4)12-6-2/h9-10,12H,5-8H2,1-4H3,(H,13,14)/t9?,10-/m1/s1. The Bertz CT molecular complexity index is 159. The molecule has 1 amide bonds. The van der Waals surface area contributed by atoms with Crippen molar-refractivity contribution in [2.75, 3.05) is 13.1 Å². The molecule has 0 aliphatic carbocycles. The lowest BCUT2D eigenvalue weighted by atomic mass is 10.1. The maximum Gasteiger partial charge on any atom is 0.222 e. The highest BCUT2D eigenvalue weighted by molar-refractivity contribution is 5.78. The van der Waals surface area contributed by atoms with E-state index in [0.29, 0.717) is 6.04 Å². The second-order valence-electron chi connectivity index (χ2n) is 3.89. The van der Waals surface area contributed by atoms with Gasteiger partial charge in [-0.1, -0.05) is 27.2 Å². The molecule has 1 unspecified atom stereocenters. The molecule has 0 aliphatic rings. The monoisotopic (exact) mass is 200 g/mol.